The molecule has 90 valence electrons. The van der Waals surface area contributed by atoms with Gasteiger partial charge in [0.15, 0.2) is 5.11 Å². The van der Waals surface area contributed by atoms with E-state index in [1.165, 1.54) is 0 Å². The molecule has 6 heteroatoms. The van der Waals surface area contributed by atoms with Crippen LogP contribution in [0.4, 0.5) is 0 Å². The van der Waals surface area contributed by atoms with Gasteiger partial charge in [-0.25, -0.2) is 0 Å². The van der Waals surface area contributed by atoms with Gasteiger partial charge in [0.05, 0.1) is 6.21 Å². The number of thiocarbonyl (C=S) groups is 1. The summed E-state index contributed by atoms with van der Waals surface area (Å²) >= 11 is 8.02. The van der Waals surface area contributed by atoms with Gasteiger partial charge in [-0.3, -0.25) is 5.43 Å². The van der Waals surface area contributed by atoms with E-state index < -0.39 is 0 Å². The van der Waals surface area contributed by atoms with Crippen LogP contribution in [-0.4, -0.2) is 17.9 Å². The number of nitrogens with zero attached hydrogens (tertiary/aromatic N) is 1. The zero-order valence-corrected chi connectivity index (χ0v) is 11.4. The zero-order chi connectivity index (χ0) is 12.7. The highest BCUT2D eigenvalue weighted by molar-refractivity contribution is 9.10. The average Bonchev–Trinajstić information content (AvgIpc) is 2.27. The minimum atomic E-state index is 0.116. The molecule has 1 rings (SSSR count). The van der Waals surface area contributed by atoms with Gasteiger partial charge in [-0.1, -0.05) is 28.6 Å². The second-order valence-corrected chi connectivity index (χ2v) is 4.37. The fraction of sp³-hybridized carbons (Fsp3) is 0.0909. The summed E-state index contributed by atoms with van der Waals surface area (Å²) in [7, 11) is 0. The monoisotopic (exact) mass is 313 g/mol. The van der Waals surface area contributed by atoms with Crippen LogP contribution in [0, 0.1) is 0 Å². The van der Waals surface area contributed by atoms with E-state index in [0.29, 0.717) is 12.4 Å². The van der Waals surface area contributed by atoms with Gasteiger partial charge in [0.2, 0.25) is 0 Å². The van der Waals surface area contributed by atoms with Crippen molar-refractivity contribution in [1.82, 2.24) is 5.43 Å². The predicted octanol–water partition coefficient (Wildman–Crippen LogP) is 2.18. The maximum Gasteiger partial charge on any atom is 0.184 e. The Bertz CT molecular complexity index is 448. The second-order valence-electron chi connectivity index (χ2n) is 3.02. The third kappa shape index (κ3) is 4.97. The summed E-state index contributed by atoms with van der Waals surface area (Å²) in [6.45, 7) is 4.03. The lowest BCUT2D eigenvalue weighted by Crippen LogP contribution is -2.24. The van der Waals surface area contributed by atoms with Crippen LogP contribution in [0.15, 0.2) is 40.4 Å². The first kappa shape index (κ1) is 13.7. The maximum absolute atomic E-state index is 5.48. The number of halogens is 1. The van der Waals surface area contributed by atoms with Crippen molar-refractivity contribution >= 4 is 39.5 Å². The summed E-state index contributed by atoms with van der Waals surface area (Å²) in [5.74, 6) is 0.710. The SMILES string of the molecule is C=CCOc1ccc(Br)cc1/C=N\NC(N)=S. The Kier molecular flexibility index (Phi) is 5.65. The zero-order valence-electron chi connectivity index (χ0n) is 9.02. The topological polar surface area (TPSA) is 59.6 Å². The van der Waals surface area contributed by atoms with Crippen LogP contribution in [0.25, 0.3) is 0 Å². The highest BCUT2D eigenvalue weighted by atomic mass is 79.9. The van der Waals surface area contributed by atoms with E-state index in [2.05, 4.69) is 45.3 Å². The van der Waals surface area contributed by atoms with Gasteiger partial charge in [-0.2, -0.15) is 5.10 Å². The van der Waals surface area contributed by atoms with E-state index >= 15 is 0 Å². The van der Waals surface area contributed by atoms with Crippen molar-refractivity contribution < 1.29 is 4.74 Å². The Morgan fingerprint density at radius 3 is 3.06 bits per heavy atom. The largest absolute Gasteiger partial charge is 0.489 e. The van der Waals surface area contributed by atoms with Crippen molar-refractivity contribution in [2.45, 2.75) is 0 Å². The highest BCUT2D eigenvalue weighted by Crippen LogP contribution is 2.21. The Balaban J connectivity index is 2.86. The number of rotatable bonds is 5. The lowest BCUT2D eigenvalue weighted by atomic mass is 10.2. The van der Waals surface area contributed by atoms with E-state index in [0.717, 1.165) is 10.0 Å². The van der Waals surface area contributed by atoms with Gasteiger partial charge in [-0.05, 0) is 30.4 Å². The molecule has 1 aromatic carbocycles. The van der Waals surface area contributed by atoms with Crippen molar-refractivity contribution in [3.05, 3.63) is 40.9 Å². The van der Waals surface area contributed by atoms with Gasteiger partial charge in [-0.15, -0.1) is 0 Å². The van der Waals surface area contributed by atoms with Crippen LogP contribution < -0.4 is 15.9 Å². The Morgan fingerprint density at radius 1 is 1.65 bits per heavy atom. The molecule has 0 spiro atoms. The molecule has 0 radical (unpaired) electrons. The van der Waals surface area contributed by atoms with Crippen LogP contribution in [-0.2, 0) is 0 Å². The number of benzene rings is 1. The molecule has 0 aliphatic rings. The molecule has 0 heterocycles. The van der Waals surface area contributed by atoms with Gasteiger partial charge in [0, 0.05) is 10.0 Å². The molecular formula is C11H12BrN3OS. The van der Waals surface area contributed by atoms with E-state index in [1.54, 1.807) is 12.3 Å². The number of hydrazone groups is 1. The minimum absolute atomic E-state index is 0.116. The van der Waals surface area contributed by atoms with Gasteiger partial charge < -0.3 is 10.5 Å². The third-order valence-electron chi connectivity index (χ3n) is 1.71. The summed E-state index contributed by atoms with van der Waals surface area (Å²) in [6.07, 6.45) is 3.26. The molecule has 0 aliphatic carbocycles. The average molecular weight is 314 g/mol. The molecule has 0 saturated heterocycles. The Hall–Kier alpha value is -1.40. The molecule has 17 heavy (non-hydrogen) atoms. The number of ether oxygens (including phenoxy) is 1. The summed E-state index contributed by atoms with van der Waals surface area (Å²) in [5, 5.41) is 4.00. The van der Waals surface area contributed by atoms with Crippen molar-refractivity contribution in [1.29, 1.82) is 0 Å². The van der Waals surface area contributed by atoms with Crippen molar-refractivity contribution in [3.8, 4) is 5.75 Å². The van der Waals surface area contributed by atoms with Crippen molar-refractivity contribution in [3.63, 3.8) is 0 Å². The van der Waals surface area contributed by atoms with Crippen LogP contribution in [0.1, 0.15) is 5.56 Å². The summed E-state index contributed by atoms with van der Waals surface area (Å²) in [5.41, 5.74) is 8.55. The van der Waals surface area contributed by atoms with E-state index in [1.807, 2.05) is 18.2 Å². The molecule has 0 fully saturated rings. The summed E-state index contributed by atoms with van der Waals surface area (Å²) < 4.78 is 6.41. The molecule has 3 N–H and O–H groups in total. The fourth-order valence-corrected chi connectivity index (χ4v) is 1.50. The van der Waals surface area contributed by atoms with Gasteiger partial charge in [0.25, 0.3) is 0 Å². The lowest BCUT2D eigenvalue weighted by Gasteiger charge is -2.07. The molecule has 4 nitrogen and oxygen atoms in total. The Morgan fingerprint density at radius 2 is 2.41 bits per heavy atom. The molecular weight excluding hydrogens is 302 g/mol. The van der Waals surface area contributed by atoms with E-state index in [4.69, 9.17) is 10.5 Å². The van der Waals surface area contributed by atoms with Crippen LogP contribution in [0.5, 0.6) is 5.75 Å². The molecule has 0 saturated carbocycles. The molecule has 0 aliphatic heterocycles. The minimum Gasteiger partial charge on any atom is -0.489 e. The number of hydrogen-bond acceptors (Lipinski definition) is 3. The molecule has 0 bridgehead atoms. The van der Waals surface area contributed by atoms with Crippen LogP contribution >= 0.6 is 28.1 Å². The fourth-order valence-electron chi connectivity index (χ4n) is 1.07. The second kappa shape index (κ2) is 7.03. The van der Waals surface area contributed by atoms with Crippen LogP contribution in [0.2, 0.25) is 0 Å². The van der Waals surface area contributed by atoms with E-state index in [-0.39, 0.29) is 5.11 Å². The molecule has 0 unspecified atom stereocenters. The van der Waals surface area contributed by atoms with Crippen molar-refractivity contribution in [2.24, 2.45) is 10.8 Å². The molecule has 0 atom stereocenters. The molecule has 0 aromatic heterocycles. The van der Waals surface area contributed by atoms with Crippen molar-refractivity contribution in [2.75, 3.05) is 6.61 Å². The smallest absolute Gasteiger partial charge is 0.184 e. The quantitative estimate of drug-likeness (QED) is 0.378. The number of nitrogens with one attached hydrogen (secondary N) is 1. The maximum atomic E-state index is 5.48. The lowest BCUT2D eigenvalue weighted by molar-refractivity contribution is 0.362. The predicted molar refractivity (Wildman–Crippen MR) is 77.3 cm³/mol. The van der Waals surface area contributed by atoms with E-state index in [9.17, 15) is 0 Å². The first-order chi connectivity index (χ1) is 8.13. The van der Waals surface area contributed by atoms with Gasteiger partial charge >= 0.3 is 0 Å². The standard InChI is InChI=1S/C11H12BrN3OS/c1-2-5-16-10-4-3-9(12)6-8(10)7-14-15-11(13)17/h2-4,6-7H,1,5H2,(H3,13,15,17)/b14-7-. The first-order valence-corrected chi connectivity index (χ1v) is 5.95. The summed E-state index contributed by atoms with van der Waals surface area (Å²) in [4.78, 5) is 0. The first-order valence-electron chi connectivity index (χ1n) is 4.75. The third-order valence-corrected chi connectivity index (χ3v) is 2.29. The molecule has 1 aromatic rings. The van der Waals surface area contributed by atoms with Crippen LogP contribution in [0.3, 0.4) is 0 Å². The summed E-state index contributed by atoms with van der Waals surface area (Å²) in [6, 6.07) is 5.61. The van der Waals surface area contributed by atoms with Gasteiger partial charge in [0.1, 0.15) is 12.4 Å². The molecule has 0 amide bonds. The highest BCUT2D eigenvalue weighted by Gasteiger charge is 2.01. The normalized spacial score (nSPS) is 10.2. The number of hydrogen-bond donors (Lipinski definition) is 2. The number of nitrogens with two attached hydrogens (primary N) is 1. The Labute approximate surface area is 114 Å².